The lowest BCUT2D eigenvalue weighted by molar-refractivity contribution is 0.666. The van der Waals surface area contributed by atoms with Crippen LogP contribution in [0.15, 0.2) is 174 Å². The van der Waals surface area contributed by atoms with Crippen molar-refractivity contribution in [2.75, 3.05) is 0 Å². The third-order valence-electron chi connectivity index (χ3n) is 11.6. The van der Waals surface area contributed by atoms with Gasteiger partial charge in [-0.05, 0) is 80.8 Å². The van der Waals surface area contributed by atoms with E-state index in [1.165, 1.54) is 48.6 Å². The molecule has 0 radical (unpaired) electrons. The summed E-state index contributed by atoms with van der Waals surface area (Å²) in [5.74, 6) is 0.606. The van der Waals surface area contributed by atoms with E-state index in [1.54, 1.807) is 0 Å². The van der Waals surface area contributed by atoms with Gasteiger partial charge in [-0.2, -0.15) is 0 Å². The third-order valence-corrected chi connectivity index (χ3v) is 11.6. The molecule has 0 fully saturated rings. The summed E-state index contributed by atoms with van der Waals surface area (Å²) in [5.41, 5.74) is 9.56. The Morgan fingerprint density at radius 3 is 1.71 bits per heavy atom. The van der Waals surface area contributed by atoms with Gasteiger partial charge in [-0.15, -0.1) is 0 Å². The second-order valence-corrected chi connectivity index (χ2v) is 14.6. The molecule has 0 saturated heterocycles. The highest BCUT2D eigenvalue weighted by atomic mass is 16.3. The summed E-state index contributed by atoms with van der Waals surface area (Å²) in [6, 6.07) is 60.8. The summed E-state index contributed by atoms with van der Waals surface area (Å²) < 4.78 is 11.1. The zero-order valence-corrected chi connectivity index (χ0v) is 29.4. The molecule has 0 unspecified atom stereocenters. The predicted octanol–water partition coefficient (Wildman–Crippen LogP) is 13.1. The summed E-state index contributed by atoms with van der Waals surface area (Å²) >= 11 is 0. The van der Waals surface area contributed by atoms with Gasteiger partial charge in [0.2, 0.25) is 5.95 Å². The van der Waals surface area contributed by atoms with E-state index < -0.39 is 0 Å². The summed E-state index contributed by atoms with van der Waals surface area (Å²) in [7, 11) is 0. The first-order chi connectivity index (χ1) is 27.3. The number of aromatic nitrogens is 4. The van der Waals surface area contributed by atoms with Gasteiger partial charge in [0.15, 0.2) is 5.58 Å². The molecule has 0 N–H and O–H groups in total. The number of para-hydroxylation sites is 3. The summed E-state index contributed by atoms with van der Waals surface area (Å²) in [5, 5.41) is 13.4. The van der Waals surface area contributed by atoms with Crippen LogP contribution < -0.4 is 0 Å². The molecule has 13 aromatic rings. The Kier molecular flexibility index (Phi) is 5.57. The topological polar surface area (TPSA) is 48.8 Å². The molecule has 0 bridgehead atoms. The van der Waals surface area contributed by atoms with Crippen LogP contribution in [-0.2, 0) is 0 Å². The Balaban J connectivity index is 1.15. The first-order valence-electron chi connectivity index (χ1n) is 18.7. The van der Waals surface area contributed by atoms with E-state index in [4.69, 9.17) is 14.4 Å². The molecule has 55 heavy (non-hydrogen) atoms. The minimum absolute atomic E-state index is 0.606. The minimum atomic E-state index is 0.606. The lowest BCUT2D eigenvalue weighted by atomic mass is 9.94. The van der Waals surface area contributed by atoms with E-state index in [0.717, 1.165) is 60.8 Å². The number of hydrogen-bond acceptors (Lipinski definition) is 3. The van der Waals surface area contributed by atoms with Gasteiger partial charge in [0, 0.05) is 38.2 Å². The molecule has 5 nitrogen and oxygen atoms in total. The van der Waals surface area contributed by atoms with Crippen LogP contribution in [0.2, 0.25) is 0 Å². The van der Waals surface area contributed by atoms with Crippen molar-refractivity contribution in [3.8, 4) is 22.9 Å². The normalized spacial score (nSPS) is 12.4. The van der Waals surface area contributed by atoms with Gasteiger partial charge in [0.1, 0.15) is 16.8 Å². The Hall–Kier alpha value is -7.50. The number of benzene rings is 9. The van der Waals surface area contributed by atoms with E-state index in [0.29, 0.717) is 11.5 Å². The van der Waals surface area contributed by atoms with Crippen LogP contribution >= 0.6 is 0 Å². The molecular formula is C50H28N4O. The van der Waals surface area contributed by atoms with E-state index in [-0.39, 0.29) is 0 Å². The highest BCUT2D eigenvalue weighted by Crippen LogP contribution is 2.42. The van der Waals surface area contributed by atoms with Crippen LogP contribution in [0.5, 0.6) is 0 Å². The largest absolute Gasteiger partial charge is 0.452 e. The number of furan rings is 1. The molecule has 9 aromatic carbocycles. The molecule has 0 atom stereocenters. The van der Waals surface area contributed by atoms with Crippen LogP contribution in [0, 0.1) is 0 Å². The highest BCUT2D eigenvalue weighted by molar-refractivity contribution is 6.24. The van der Waals surface area contributed by atoms with E-state index in [2.05, 4.69) is 143 Å². The monoisotopic (exact) mass is 700 g/mol. The lowest BCUT2D eigenvalue weighted by Gasteiger charge is -2.15. The summed E-state index contributed by atoms with van der Waals surface area (Å²) in [6.07, 6.45) is 0. The van der Waals surface area contributed by atoms with Crippen LogP contribution in [-0.4, -0.2) is 19.1 Å². The van der Waals surface area contributed by atoms with Crippen molar-refractivity contribution in [2.45, 2.75) is 0 Å². The number of hydrogen-bond donors (Lipinski definition) is 0. The second-order valence-electron chi connectivity index (χ2n) is 14.6. The van der Waals surface area contributed by atoms with Gasteiger partial charge in [-0.25, -0.2) is 9.97 Å². The number of fused-ring (bicyclic) bond motifs is 9. The SMILES string of the molecule is c1ccc(-c2nc(-n3c4ccccc4c4cc5c6ccccc6n(-c6cc7ccc8cccc9ccc(c6)c7c89)c5cc43)nc3c2oc2ccccc23)cc1. The first-order valence-corrected chi connectivity index (χ1v) is 18.7. The fourth-order valence-electron chi connectivity index (χ4n) is 9.26. The maximum absolute atomic E-state index is 6.48. The average Bonchev–Trinajstić information content (AvgIpc) is 3.89. The molecule has 0 amide bonds. The van der Waals surface area contributed by atoms with Crippen molar-refractivity contribution in [2.24, 2.45) is 0 Å². The molecular weight excluding hydrogens is 673 g/mol. The number of rotatable bonds is 3. The van der Waals surface area contributed by atoms with Gasteiger partial charge < -0.3 is 8.98 Å². The van der Waals surface area contributed by atoms with Crippen molar-refractivity contribution in [3.05, 3.63) is 170 Å². The van der Waals surface area contributed by atoms with Crippen molar-refractivity contribution in [1.29, 1.82) is 0 Å². The molecule has 5 heteroatoms. The fourth-order valence-corrected chi connectivity index (χ4v) is 9.26. The van der Waals surface area contributed by atoms with Gasteiger partial charge in [-0.1, -0.05) is 121 Å². The molecule has 4 heterocycles. The maximum atomic E-state index is 6.48. The van der Waals surface area contributed by atoms with Crippen molar-refractivity contribution in [3.63, 3.8) is 0 Å². The van der Waals surface area contributed by atoms with Gasteiger partial charge in [-0.3, -0.25) is 4.57 Å². The van der Waals surface area contributed by atoms with Gasteiger partial charge in [0.25, 0.3) is 0 Å². The third kappa shape index (κ3) is 3.91. The number of nitrogens with zero attached hydrogens (tertiary/aromatic N) is 4. The Bertz CT molecular complexity index is 3660. The van der Waals surface area contributed by atoms with E-state index in [9.17, 15) is 0 Å². The highest BCUT2D eigenvalue weighted by Gasteiger charge is 2.23. The standard InChI is InChI=1S/C50H28N4O/c1-2-11-31(12-3-1)47-49-48(37-17-6-9-20-44(37)55-49)52-50(51-47)54-41-19-8-5-16-36(41)39-27-38-35-15-4-7-18-40(35)53(42(38)28-43(39)54)34-25-32-23-21-29-13-10-14-30-22-24-33(26-34)46(32)45(29)30/h1-28H. The fraction of sp³-hybridized carbons (Fsp3) is 0. The van der Waals surface area contributed by atoms with Gasteiger partial charge >= 0.3 is 0 Å². The zero-order valence-electron chi connectivity index (χ0n) is 29.4. The first kappa shape index (κ1) is 29.0. The van der Waals surface area contributed by atoms with Crippen LogP contribution in [0.1, 0.15) is 0 Å². The Labute approximate surface area is 313 Å². The molecule has 4 aromatic heterocycles. The molecule has 0 spiro atoms. The predicted molar refractivity (Wildman–Crippen MR) is 227 cm³/mol. The molecule has 254 valence electrons. The smallest absolute Gasteiger partial charge is 0.236 e. The Morgan fingerprint density at radius 1 is 0.400 bits per heavy atom. The average molecular weight is 701 g/mol. The van der Waals surface area contributed by atoms with Crippen molar-refractivity contribution >= 4 is 98.0 Å². The summed E-state index contributed by atoms with van der Waals surface area (Å²) in [4.78, 5) is 10.7. The van der Waals surface area contributed by atoms with Crippen LogP contribution in [0.4, 0.5) is 0 Å². The van der Waals surface area contributed by atoms with E-state index in [1.807, 2.05) is 36.4 Å². The lowest BCUT2D eigenvalue weighted by Crippen LogP contribution is -2.03. The van der Waals surface area contributed by atoms with E-state index >= 15 is 0 Å². The maximum Gasteiger partial charge on any atom is 0.236 e. The van der Waals surface area contributed by atoms with Crippen LogP contribution in [0.3, 0.4) is 0 Å². The molecule has 0 aliphatic carbocycles. The minimum Gasteiger partial charge on any atom is -0.452 e. The molecule has 13 rings (SSSR count). The zero-order chi connectivity index (χ0) is 35.8. The van der Waals surface area contributed by atoms with Crippen molar-refractivity contribution < 1.29 is 4.42 Å². The van der Waals surface area contributed by atoms with Crippen LogP contribution in [0.25, 0.3) is 121 Å². The molecule has 0 aliphatic heterocycles. The second kappa shape index (κ2) is 10.6. The van der Waals surface area contributed by atoms with Gasteiger partial charge in [0.05, 0.1) is 22.1 Å². The molecule has 0 aliphatic rings. The van der Waals surface area contributed by atoms with Crippen molar-refractivity contribution in [1.82, 2.24) is 19.1 Å². The summed E-state index contributed by atoms with van der Waals surface area (Å²) in [6.45, 7) is 0. The Morgan fingerprint density at radius 2 is 0.982 bits per heavy atom. The quantitative estimate of drug-likeness (QED) is 0.172. The molecule has 0 saturated carbocycles.